The Bertz CT molecular complexity index is 776. The van der Waals surface area contributed by atoms with E-state index in [1.807, 2.05) is 18.2 Å². The number of nitrogens with one attached hydrogen (secondary N) is 2. The summed E-state index contributed by atoms with van der Waals surface area (Å²) in [5.74, 6) is -0.132. The van der Waals surface area contributed by atoms with E-state index < -0.39 is 6.10 Å². The maximum atomic E-state index is 12.4. The second-order valence-corrected chi connectivity index (χ2v) is 5.61. The Labute approximate surface area is 138 Å². The van der Waals surface area contributed by atoms with Crippen LogP contribution in [0.5, 0.6) is 5.75 Å². The minimum atomic E-state index is -0.639. The van der Waals surface area contributed by atoms with Gasteiger partial charge in [0.15, 0.2) is 11.9 Å². The number of rotatable bonds is 3. The zero-order valence-electron chi connectivity index (χ0n) is 12.4. The monoisotopic (exact) mass is 330 g/mol. The van der Waals surface area contributed by atoms with Crippen LogP contribution in [0.2, 0.25) is 5.02 Å². The first kappa shape index (κ1) is 15.4. The molecule has 2 aromatic carbocycles. The summed E-state index contributed by atoms with van der Waals surface area (Å²) in [4.78, 5) is 24.1. The van der Waals surface area contributed by atoms with E-state index in [0.29, 0.717) is 28.6 Å². The number of hydrogen-bond donors (Lipinski definition) is 2. The number of carbonyl (C=O) groups excluding carboxylic acids is 2. The number of halogens is 1. The second kappa shape index (κ2) is 6.30. The lowest BCUT2D eigenvalue weighted by Gasteiger charge is -2.25. The number of hydrogen-bond acceptors (Lipinski definition) is 3. The van der Waals surface area contributed by atoms with Crippen molar-refractivity contribution in [1.82, 2.24) is 5.32 Å². The quantitative estimate of drug-likeness (QED) is 0.909. The number of carbonyl (C=O) groups is 2. The summed E-state index contributed by atoms with van der Waals surface area (Å²) in [5, 5.41) is 6.14. The molecule has 0 saturated heterocycles. The first-order valence-electron chi connectivity index (χ1n) is 7.18. The van der Waals surface area contributed by atoms with Crippen molar-refractivity contribution in [1.29, 1.82) is 0 Å². The predicted molar refractivity (Wildman–Crippen MR) is 87.8 cm³/mol. The van der Waals surface area contributed by atoms with Crippen LogP contribution in [0.1, 0.15) is 22.8 Å². The van der Waals surface area contributed by atoms with E-state index in [-0.39, 0.29) is 11.8 Å². The molecule has 1 atom stereocenters. The normalized spacial score (nSPS) is 16.1. The SMILES string of the molecule is CC1Oc2c(cccc2C(=O)NCc2ccccc2Cl)NC1=O. The van der Waals surface area contributed by atoms with Crippen molar-refractivity contribution in [3.8, 4) is 5.75 Å². The Balaban J connectivity index is 1.80. The van der Waals surface area contributed by atoms with Gasteiger partial charge in [0, 0.05) is 11.6 Å². The van der Waals surface area contributed by atoms with Gasteiger partial charge < -0.3 is 15.4 Å². The molecule has 0 bridgehead atoms. The van der Waals surface area contributed by atoms with Crippen molar-refractivity contribution >= 4 is 29.1 Å². The van der Waals surface area contributed by atoms with Crippen LogP contribution in [0, 0.1) is 0 Å². The van der Waals surface area contributed by atoms with Crippen molar-refractivity contribution < 1.29 is 14.3 Å². The van der Waals surface area contributed by atoms with Crippen LogP contribution in [-0.4, -0.2) is 17.9 Å². The third-order valence-corrected chi connectivity index (χ3v) is 3.95. The number of para-hydroxylation sites is 1. The summed E-state index contributed by atoms with van der Waals surface area (Å²) in [6.07, 6.45) is -0.639. The molecule has 1 aliphatic heterocycles. The van der Waals surface area contributed by atoms with Gasteiger partial charge in [0.25, 0.3) is 11.8 Å². The van der Waals surface area contributed by atoms with Crippen molar-refractivity contribution in [3.63, 3.8) is 0 Å². The largest absolute Gasteiger partial charge is 0.478 e. The van der Waals surface area contributed by atoms with Gasteiger partial charge >= 0.3 is 0 Å². The fourth-order valence-electron chi connectivity index (χ4n) is 2.32. The van der Waals surface area contributed by atoms with E-state index in [1.54, 1.807) is 31.2 Å². The van der Waals surface area contributed by atoms with E-state index in [9.17, 15) is 9.59 Å². The minimum Gasteiger partial charge on any atom is -0.478 e. The lowest BCUT2D eigenvalue weighted by atomic mass is 10.1. The molecule has 2 aromatic rings. The number of fused-ring (bicyclic) bond motifs is 1. The lowest BCUT2D eigenvalue weighted by molar-refractivity contribution is -0.122. The molecule has 0 radical (unpaired) electrons. The molecule has 1 aliphatic rings. The Morgan fingerprint density at radius 2 is 2.04 bits per heavy atom. The molecule has 0 aliphatic carbocycles. The van der Waals surface area contributed by atoms with Gasteiger partial charge in [-0.25, -0.2) is 0 Å². The number of benzene rings is 2. The second-order valence-electron chi connectivity index (χ2n) is 5.21. The van der Waals surface area contributed by atoms with E-state index >= 15 is 0 Å². The zero-order chi connectivity index (χ0) is 16.4. The van der Waals surface area contributed by atoms with Crippen LogP contribution in [0.15, 0.2) is 42.5 Å². The highest BCUT2D eigenvalue weighted by molar-refractivity contribution is 6.31. The molecule has 1 unspecified atom stereocenters. The van der Waals surface area contributed by atoms with Crippen molar-refractivity contribution in [3.05, 3.63) is 58.6 Å². The molecule has 1 heterocycles. The maximum Gasteiger partial charge on any atom is 0.265 e. The van der Waals surface area contributed by atoms with Crippen LogP contribution < -0.4 is 15.4 Å². The summed E-state index contributed by atoms with van der Waals surface area (Å²) in [5.41, 5.74) is 1.70. The molecular weight excluding hydrogens is 316 g/mol. The van der Waals surface area contributed by atoms with Gasteiger partial charge in [-0.3, -0.25) is 9.59 Å². The summed E-state index contributed by atoms with van der Waals surface area (Å²) in [6, 6.07) is 12.4. The molecular formula is C17H15ClN2O3. The highest BCUT2D eigenvalue weighted by Crippen LogP contribution is 2.33. The van der Waals surface area contributed by atoms with Gasteiger partial charge in [-0.2, -0.15) is 0 Å². The first-order chi connectivity index (χ1) is 11.1. The third kappa shape index (κ3) is 3.14. The van der Waals surface area contributed by atoms with Gasteiger partial charge in [-0.1, -0.05) is 35.9 Å². The maximum absolute atomic E-state index is 12.4. The van der Waals surface area contributed by atoms with Crippen LogP contribution in [0.4, 0.5) is 5.69 Å². The van der Waals surface area contributed by atoms with Gasteiger partial charge in [0.05, 0.1) is 11.3 Å². The highest BCUT2D eigenvalue weighted by Gasteiger charge is 2.27. The molecule has 0 spiro atoms. The molecule has 3 rings (SSSR count). The summed E-state index contributed by atoms with van der Waals surface area (Å²) >= 11 is 6.08. The van der Waals surface area contributed by atoms with E-state index in [0.717, 1.165) is 5.56 Å². The van der Waals surface area contributed by atoms with Crippen LogP contribution in [0.3, 0.4) is 0 Å². The lowest BCUT2D eigenvalue weighted by Crippen LogP contribution is -2.35. The Kier molecular flexibility index (Phi) is 4.21. The number of ether oxygens (including phenoxy) is 1. The number of anilines is 1. The van der Waals surface area contributed by atoms with E-state index in [4.69, 9.17) is 16.3 Å². The Morgan fingerprint density at radius 1 is 1.26 bits per heavy atom. The van der Waals surface area contributed by atoms with Crippen LogP contribution in [-0.2, 0) is 11.3 Å². The third-order valence-electron chi connectivity index (χ3n) is 3.58. The van der Waals surface area contributed by atoms with Crippen molar-refractivity contribution in [2.75, 3.05) is 5.32 Å². The number of amides is 2. The molecule has 23 heavy (non-hydrogen) atoms. The summed E-state index contributed by atoms with van der Waals surface area (Å²) in [7, 11) is 0. The zero-order valence-corrected chi connectivity index (χ0v) is 13.2. The van der Waals surface area contributed by atoms with Gasteiger partial charge in [-0.05, 0) is 30.7 Å². The molecule has 0 saturated carbocycles. The molecule has 0 fully saturated rings. The topological polar surface area (TPSA) is 67.4 Å². The van der Waals surface area contributed by atoms with Crippen LogP contribution in [0.25, 0.3) is 0 Å². The highest BCUT2D eigenvalue weighted by atomic mass is 35.5. The van der Waals surface area contributed by atoms with E-state index in [2.05, 4.69) is 10.6 Å². The van der Waals surface area contributed by atoms with Gasteiger partial charge in [0.1, 0.15) is 0 Å². The van der Waals surface area contributed by atoms with Gasteiger partial charge in [0.2, 0.25) is 0 Å². The fourth-order valence-corrected chi connectivity index (χ4v) is 2.52. The average Bonchev–Trinajstić information content (AvgIpc) is 2.54. The standard InChI is InChI=1S/C17H15ClN2O3/c1-10-16(21)20-14-8-4-6-12(15(14)23-10)17(22)19-9-11-5-2-3-7-13(11)18/h2-8,10H,9H2,1H3,(H,19,22)(H,20,21). The molecule has 118 valence electrons. The summed E-state index contributed by atoms with van der Waals surface area (Å²) < 4.78 is 5.57. The van der Waals surface area contributed by atoms with E-state index in [1.165, 1.54) is 0 Å². The average molecular weight is 331 g/mol. The minimum absolute atomic E-state index is 0.230. The molecule has 0 aromatic heterocycles. The molecule has 2 amide bonds. The fraction of sp³-hybridized carbons (Fsp3) is 0.176. The Hall–Kier alpha value is -2.53. The predicted octanol–water partition coefficient (Wildman–Crippen LogP) is 2.99. The van der Waals surface area contributed by atoms with Gasteiger partial charge in [-0.15, -0.1) is 0 Å². The smallest absolute Gasteiger partial charge is 0.265 e. The Morgan fingerprint density at radius 3 is 2.83 bits per heavy atom. The van der Waals surface area contributed by atoms with Crippen LogP contribution >= 0.6 is 11.6 Å². The van der Waals surface area contributed by atoms with Crippen molar-refractivity contribution in [2.24, 2.45) is 0 Å². The first-order valence-corrected chi connectivity index (χ1v) is 7.56. The van der Waals surface area contributed by atoms with Crippen molar-refractivity contribution in [2.45, 2.75) is 19.6 Å². The molecule has 6 heteroatoms. The molecule has 5 nitrogen and oxygen atoms in total. The molecule has 2 N–H and O–H groups in total. The summed E-state index contributed by atoms with van der Waals surface area (Å²) in [6.45, 7) is 1.95.